The molecule has 0 spiro atoms. The van der Waals surface area contributed by atoms with E-state index in [2.05, 4.69) is 10.3 Å². The van der Waals surface area contributed by atoms with Gasteiger partial charge in [-0.15, -0.1) is 0 Å². The van der Waals surface area contributed by atoms with Gasteiger partial charge in [0.2, 0.25) is 0 Å². The van der Waals surface area contributed by atoms with Gasteiger partial charge in [0.1, 0.15) is 5.82 Å². The number of aliphatic carboxylic acids is 1. The molecule has 0 fully saturated rings. The Bertz CT molecular complexity index is 462. The average Bonchev–Trinajstić information content (AvgIpc) is 2.29. The van der Waals surface area contributed by atoms with Gasteiger partial charge in [-0.1, -0.05) is 6.92 Å². The smallest absolute Gasteiger partial charge is 0.305 e. The van der Waals surface area contributed by atoms with Crippen molar-refractivity contribution in [3.63, 3.8) is 0 Å². The van der Waals surface area contributed by atoms with E-state index in [0.717, 1.165) is 0 Å². The number of carboxylic acids is 1. The summed E-state index contributed by atoms with van der Waals surface area (Å²) in [4.78, 5) is 24.9. The number of aromatic nitrogens is 1. The maximum atomic E-state index is 10.8. The molecule has 1 unspecified atom stereocenters. The van der Waals surface area contributed by atoms with Crippen LogP contribution in [0.15, 0.2) is 12.3 Å². The summed E-state index contributed by atoms with van der Waals surface area (Å²) in [5.41, 5.74) is 0.439. The highest BCUT2D eigenvalue weighted by Crippen LogP contribution is 2.20. The Labute approximate surface area is 104 Å². The highest BCUT2D eigenvalue weighted by Gasteiger charge is 2.15. The van der Waals surface area contributed by atoms with Crippen molar-refractivity contribution >= 4 is 17.5 Å². The fourth-order valence-electron chi connectivity index (χ4n) is 1.51. The van der Waals surface area contributed by atoms with Gasteiger partial charge in [-0.05, 0) is 13.3 Å². The number of hydrogen-bond donors (Lipinski definition) is 2. The molecule has 1 aromatic rings. The van der Waals surface area contributed by atoms with Crippen LogP contribution in [0.5, 0.6) is 0 Å². The number of hydrogen-bond acceptors (Lipinski definition) is 5. The summed E-state index contributed by atoms with van der Waals surface area (Å²) in [5, 5.41) is 22.4. The summed E-state index contributed by atoms with van der Waals surface area (Å²) < 4.78 is 0. The quantitative estimate of drug-likeness (QED) is 0.593. The number of pyridine rings is 1. The van der Waals surface area contributed by atoms with Crippen molar-refractivity contribution in [1.82, 2.24) is 4.98 Å². The molecule has 1 rings (SSSR count). The van der Waals surface area contributed by atoms with Crippen LogP contribution in [0.2, 0.25) is 0 Å². The Morgan fingerprint density at radius 1 is 1.67 bits per heavy atom. The highest BCUT2D eigenvalue weighted by atomic mass is 16.6. The minimum Gasteiger partial charge on any atom is -0.481 e. The van der Waals surface area contributed by atoms with Gasteiger partial charge in [0.15, 0.2) is 0 Å². The fourth-order valence-corrected chi connectivity index (χ4v) is 1.51. The second-order valence-electron chi connectivity index (χ2n) is 3.96. The molecule has 0 saturated carbocycles. The molecule has 0 amide bonds. The van der Waals surface area contributed by atoms with Crippen LogP contribution in [0.1, 0.15) is 25.3 Å². The molecule has 0 aliphatic heterocycles. The summed E-state index contributed by atoms with van der Waals surface area (Å²) in [6.45, 7) is 3.44. The van der Waals surface area contributed by atoms with Crippen molar-refractivity contribution in [2.75, 3.05) is 5.32 Å². The lowest BCUT2D eigenvalue weighted by Gasteiger charge is -2.15. The molecule has 0 aliphatic carbocycles. The maximum absolute atomic E-state index is 10.8. The van der Waals surface area contributed by atoms with E-state index >= 15 is 0 Å². The molecule has 0 bridgehead atoms. The second-order valence-corrected chi connectivity index (χ2v) is 3.96. The molecule has 1 atom stereocenters. The zero-order valence-electron chi connectivity index (χ0n) is 10.2. The van der Waals surface area contributed by atoms with Crippen molar-refractivity contribution < 1.29 is 14.8 Å². The Morgan fingerprint density at radius 3 is 2.83 bits per heavy atom. The molecule has 98 valence electrons. The summed E-state index contributed by atoms with van der Waals surface area (Å²) in [6, 6.07) is 1.03. The Kier molecular flexibility index (Phi) is 4.59. The predicted molar refractivity (Wildman–Crippen MR) is 65.6 cm³/mol. The van der Waals surface area contributed by atoms with Crippen LogP contribution in [0.4, 0.5) is 11.5 Å². The lowest BCUT2D eigenvalue weighted by atomic mass is 10.1. The molecule has 1 heterocycles. The van der Waals surface area contributed by atoms with E-state index in [1.165, 1.54) is 12.3 Å². The molecule has 0 radical (unpaired) electrons. The molecule has 7 heteroatoms. The van der Waals surface area contributed by atoms with Gasteiger partial charge in [0.05, 0.1) is 17.4 Å². The predicted octanol–water partition coefficient (Wildman–Crippen LogP) is 1.96. The third-order valence-electron chi connectivity index (χ3n) is 2.54. The minimum absolute atomic E-state index is 0.0299. The van der Waals surface area contributed by atoms with E-state index in [0.29, 0.717) is 17.8 Å². The normalized spacial score (nSPS) is 11.9. The van der Waals surface area contributed by atoms with E-state index in [1.807, 2.05) is 6.92 Å². The minimum atomic E-state index is -0.920. The zero-order valence-corrected chi connectivity index (χ0v) is 10.2. The molecule has 2 N–H and O–H groups in total. The number of nitrogens with zero attached hydrogens (tertiary/aromatic N) is 2. The van der Waals surface area contributed by atoms with E-state index in [4.69, 9.17) is 5.11 Å². The van der Waals surface area contributed by atoms with Crippen molar-refractivity contribution in [2.24, 2.45) is 0 Å². The van der Waals surface area contributed by atoms with Crippen molar-refractivity contribution in [2.45, 2.75) is 32.7 Å². The molecule has 18 heavy (non-hydrogen) atoms. The van der Waals surface area contributed by atoms with Crippen LogP contribution in [-0.2, 0) is 4.79 Å². The lowest BCUT2D eigenvalue weighted by molar-refractivity contribution is -0.385. The Morgan fingerprint density at radius 2 is 2.33 bits per heavy atom. The van der Waals surface area contributed by atoms with Crippen molar-refractivity contribution in [3.8, 4) is 0 Å². The first-order valence-corrected chi connectivity index (χ1v) is 5.53. The molecule has 7 nitrogen and oxygen atoms in total. The van der Waals surface area contributed by atoms with Gasteiger partial charge in [0.25, 0.3) is 5.69 Å². The highest BCUT2D eigenvalue weighted by molar-refractivity contribution is 5.68. The Balaban J connectivity index is 2.87. The van der Waals surface area contributed by atoms with Crippen LogP contribution < -0.4 is 5.32 Å². The first-order valence-electron chi connectivity index (χ1n) is 5.53. The number of nitro groups is 1. The number of aryl methyl sites for hydroxylation is 1. The molecule has 1 aromatic heterocycles. The topological polar surface area (TPSA) is 105 Å². The molecule has 0 aliphatic rings. The van der Waals surface area contributed by atoms with Gasteiger partial charge >= 0.3 is 5.97 Å². The van der Waals surface area contributed by atoms with E-state index in [-0.39, 0.29) is 18.2 Å². The van der Waals surface area contributed by atoms with E-state index in [1.54, 1.807) is 6.92 Å². The second kappa shape index (κ2) is 5.95. The number of carboxylic acid groups (broad SMARTS) is 1. The first-order chi connectivity index (χ1) is 8.43. The largest absolute Gasteiger partial charge is 0.481 e. The zero-order chi connectivity index (χ0) is 13.7. The Hall–Kier alpha value is -2.18. The fraction of sp³-hybridized carbons (Fsp3) is 0.455. The SMILES string of the molecule is CCC(CC(=O)O)Nc1cc([N+](=O)[O-])c(C)cn1. The van der Waals surface area contributed by atoms with Crippen molar-refractivity contribution in [3.05, 3.63) is 27.9 Å². The van der Waals surface area contributed by atoms with Gasteiger partial charge in [-0.3, -0.25) is 14.9 Å². The lowest BCUT2D eigenvalue weighted by Crippen LogP contribution is -2.22. The van der Waals surface area contributed by atoms with Crippen molar-refractivity contribution in [1.29, 1.82) is 0 Å². The number of rotatable bonds is 6. The molecular formula is C11H15N3O4. The van der Waals surface area contributed by atoms with Crippen LogP contribution in [0.3, 0.4) is 0 Å². The van der Waals surface area contributed by atoms with Crippen LogP contribution in [0, 0.1) is 17.0 Å². The van der Waals surface area contributed by atoms with Crippen LogP contribution >= 0.6 is 0 Å². The third kappa shape index (κ3) is 3.69. The van der Waals surface area contributed by atoms with Crippen LogP contribution in [-0.4, -0.2) is 27.0 Å². The molecular weight excluding hydrogens is 238 g/mol. The summed E-state index contributed by atoms with van der Waals surface area (Å²) >= 11 is 0. The van der Waals surface area contributed by atoms with E-state index in [9.17, 15) is 14.9 Å². The van der Waals surface area contributed by atoms with Gasteiger partial charge in [0, 0.05) is 17.8 Å². The first kappa shape index (κ1) is 13.9. The van der Waals surface area contributed by atoms with E-state index < -0.39 is 10.9 Å². The standard InChI is InChI=1S/C11H15N3O4/c1-3-8(4-11(15)16)13-10-5-9(14(17)18)7(2)6-12-10/h5-6,8H,3-4H2,1-2H3,(H,12,13)(H,15,16). The summed E-state index contributed by atoms with van der Waals surface area (Å²) in [7, 11) is 0. The average molecular weight is 253 g/mol. The third-order valence-corrected chi connectivity index (χ3v) is 2.54. The van der Waals surface area contributed by atoms with Gasteiger partial charge < -0.3 is 10.4 Å². The molecule has 0 saturated heterocycles. The molecule has 0 aromatic carbocycles. The van der Waals surface area contributed by atoms with Gasteiger partial charge in [-0.25, -0.2) is 4.98 Å². The number of nitrogens with one attached hydrogen (secondary N) is 1. The monoisotopic (exact) mass is 253 g/mol. The maximum Gasteiger partial charge on any atom is 0.305 e. The van der Waals surface area contributed by atoms with Gasteiger partial charge in [-0.2, -0.15) is 0 Å². The van der Waals surface area contributed by atoms with Crippen LogP contribution in [0.25, 0.3) is 0 Å². The number of anilines is 1. The number of carbonyl (C=O) groups is 1. The summed E-state index contributed by atoms with van der Waals surface area (Å²) in [5.74, 6) is -0.601. The summed E-state index contributed by atoms with van der Waals surface area (Å²) in [6.07, 6.45) is 1.93.